The largest absolute Gasteiger partial charge is 0.393 e. The first-order valence-electron chi connectivity index (χ1n) is 10.8. The molecule has 3 fully saturated rings. The number of aryl methyl sites for hydroxylation is 1. The van der Waals surface area contributed by atoms with Crippen LogP contribution in [0.15, 0.2) is 6.07 Å². The molecule has 1 unspecified atom stereocenters. The second-order valence-corrected chi connectivity index (χ2v) is 9.00. The molecule has 1 N–H and O–H groups in total. The number of rotatable bonds is 2. The summed E-state index contributed by atoms with van der Waals surface area (Å²) in [5.74, 6) is 0.157. The van der Waals surface area contributed by atoms with Crippen molar-refractivity contribution in [1.29, 1.82) is 0 Å². The van der Waals surface area contributed by atoms with E-state index in [-0.39, 0.29) is 24.0 Å². The number of carbonyl (C=O) groups is 2. The van der Waals surface area contributed by atoms with Gasteiger partial charge in [0.2, 0.25) is 5.91 Å². The molecule has 0 radical (unpaired) electrons. The molecule has 1 saturated carbocycles. The van der Waals surface area contributed by atoms with Crippen molar-refractivity contribution in [2.45, 2.75) is 82.9 Å². The van der Waals surface area contributed by atoms with Gasteiger partial charge in [-0.05, 0) is 71.3 Å². The molecule has 1 aliphatic carbocycles. The third kappa shape index (κ3) is 2.97. The minimum Gasteiger partial charge on any atom is -0.393 e. The smallest absolute Gasteiger partial charge is 0.256 e. The summed E-state index contributed by atoms with van der Waals surface area (Å²) in [4.78, 5) is 31.1. The van der Waals surface area contributed by atoms with E-state index in [0.29, 0.717) is 6.54 Å². The maximum absolute atomic E-state index is 13.7. The summed E-state index contributed by atoms with van der Waals surface area (Å²) in [7, 11) is 1.98. The highest BCUT2D eigenvalue weighted by Crippen LogP contribution is 2.41. The highest BCUT2D eigenvalue weighted by atomic mass is 16.3. The standard InChI is InChI=1S/C22H33N3O3/c1-15-14-19(16(2)23(15)3)20(27)25-13-5-11-22(25)10-4-12-24(21(22)28)17-6-8-18(26)9-7-17/h14,17-18,26H,4-13H2,1-3H3. The normalized spacial score (nSPS) is 31.1. The summed E-state index contributed by atoms with van der Waals surface area (Å²) < 4.78 is 2.04. The van der Waals surface area contributed by atoms with E-state index < -0.39 is 5.54 Å². The van der Waals surface area contributed by atoms with Gasteiger partial charge in [-0.15, -0.1) is 0 Å². The number of hydrogen-bond donors (Lipinski definition) is 1. The molecule has 0 bridgehead atoms. The average Bonchev–Trinajstić information content (AvgIpc) is 3.22. The van der Waals surface area contributed by atoms with Gasteiger partial charge in [0.15, 0.2) is 0 Å². The zero-order valence-corrected chi connectivity index (χ0v) is 17.4. The molecule has 3 aliphatic rings. The fraction of sp³-hybridized carbons (Fsp3) is 0.727. The fourth-order valence-corrected chi connectivity index (χ4v) is 5.61. The Morgan fingerprint density at radius 1 is 1.11 bits per heavy atom. The van der Waals surface area contributed by atoms with E-state index >= 15 is 0 Å². The second kappa shape index (κ2) is 7.21. The summed E-state index contributed by atoms with van der Waals surface area (Å²) >= 11 is 0. The Morgan fingerprint density at radius 2 is 1.75 bits per heavy atom. The van der Waals surface area contributed by atoms with Gasteiger partial charge in [0.1, 0.15) is 5.54 Å². The van der Waals surface area contributed by atoms with Crippen LogP contribution < -0.4 is 0 Å². The predicted molar refractivity (Wildman–Crippen MR) is 107 cm³/mol. The van der Waals surface area contributed by atoms with Crippen LogP contribution >= 0.6 is 0 Å². The Morgan fingerprint density at radius 3 is 2.36 bits per heavy atom. The van der Waals surface area contributed by atoms with Crippen molar-refractivity contribution in [2.75, 3.05) is 13.1 Å². The second-order valence-electron chi connectivity index (χ2n) is 9.00. The van der Waals surface area contributed by atoms with E-state index in [1.54, 1.807) is 0 Å². The zero-order chi connectivity index (χ0) is 20.1. The summed E-state index contributed by atoms with van der Waals surface area (Å²) in [6.07, 6.45) is 6.43. The Kier molecular flexibility index (Phi) is 5.02. The van der Waals surface area contributed by atoms with E-state index in [1.165, 1.54) is 0 Å². The lowest BCUT2D eigenvalue weighted by molar-refractivity contribution is -0.149. The van der Waals surface area contributed by atoms with Crippen molar-refractivity contribution in [3.05, 3.63) is 23.0 Å². The van der Waals surface area contributed by atoms with Gasteiger partial charge in [0.25, 0.3) is 5.91 Å². The lowest BCUT2D eigenvalue weighted by atomic mass is 9.82. The van der Waals surface area contributed by atoms with E-state index in [9.17, 15) is 14.7 Å². The lowest BCUT2D eigenvalue weighted by Crippen LogP contribution is -2.63. The van der Waals surface area contributed by atoms with E-state index in [2.05, 4.69) is 0 Å². The van der Waals surface area contributed by atoms with Gasteiger partial charge in [-0.2, -0.15) is 0 Å². The molecule has 1 spiro atoms. The van der Waals surface area contributed by atoms with Gasteiger partial charge >= 0.3 is 0 Å². The Labute approximate surface area is 167 Å². The molecule has 2 amide bonds. The van der Waals surface area contributed by atoms with Crippen LogP contribution in [0.25, 0.3) is 0 Å². The Balaban J connectivity index is 1.60. The number of likely N-dealkylation sites (tertiary alicyclic amines) is 2. The maximum atomic E-state index is 13.7. The van der Waals surface area contributed by atoms with Crippen LogP contribution in [0.1, 0.15) is 73.1 Å². The van der Waals surface area contributed by atoms with Crippen LogP contribution in [-0.4, -0.2) is 62.1 Å². The molecule has 4 rings (SSSR count). The van der Waals surface area contributed by atoms with Crippen molar-refractivity contribution in [1.82, 2.24) is 14.4 Å². The van der Waals surface area contributed by atoms with Crippen molar-refractivity contribution in [3.63, 3.8) is 0 Å². The third-order valence-electron chi connectivity index (χ3n) is 7.49. The van der Waals surface area contributed by atoms with Crippen LogP contribution in [0.4, 0.5) is 0 Å². The van der Waals surface area contributed by atoms with Crippen LogP contribution in [-0.2, 0) is 11.8 Å². The number of hydrogen-bond acceptors (Lipinski definition) is 3. The summed E-state index contributed by atoms with van der Waals surface area (Å²) in [6.45, 7) is 5.43. The van der Waals surface area contributed by atoms with Gasteiger partial charge < -0.3 is 19.5 Å². The van der Waals surface area contributed by atoms with E-state index in [4.69, 9.17) is 0 Å². The number of aliphatic hydroxyl groups excluding tert-OH is 1. The van der Waals surface area contributed by atoms with Gasteiger partial charge in [0, 0.05) is 37.6 Å². The maximum Gasteiger partial charge on any atom is 0.256 e. The molecule has 2 saturated heterocycles. The lowest BCUT2D eigenvalue weighted by Gasteiger charge is -2.48. The molecule has 0 aromatic carbocycles. The van der Waals surface area contributed by atoms with Crippen molar-refractivity contribution in [3.8, 4) is 0 Å². The molecule has 6 heteroatoms. The number of piperidine rings is 1. The monoisotopic (exact) mass is 387 g/mol. The number of carbonyl (C=O) groups excluding carboxylic acids is 2. The van der Waals surface area contributed by atoms with Crippen LogP contribution in [0.3, 0.4) is 0 Å². The molecular weight excluding hydrogens is 354 g/mol. The van der Waals surface area contributed by atoms with Gasteiger partial charge in [-0.3, -0.25) is 9.59 Å². The summed E-state index contributed by atoms with van der Waals surface area (Å²) in [5.41, 5.74) is 2.09. The topological polar surface area (TPSA) is 65.8 Å². The number of aromatic nitrogens is 1. The Bertz CT molecular complexity index is 778. The SMILES string of the molecule is Cc1cc(C(=O)N2CCCC23CCCN(C2CCC(O)CC2)C3=O)c(C)n1C. The van der Waals surface area contributed by atoms with Crippen LogP contribution in [0.5, 0.6) is 0 Å². The first kappa shape index (κ1) is 19.5. The molecule has 2 aliphatic heterocycles. The van der Waals surface area contributed by atoms with E-state index in [1.807, 2.05) is 41.3 Å². The average molecular weight is 388 g/mol. The number of nitrogens with zero attached hydrogens (tertiary/aromatic N) is 3. The minimum atomic E-state index is -0.665. The number of aliphatic hydroxyl groups is 1. The highest BCUT2D eigenvalue weighted by molar-refractivity contribution is 6.01. The summed E-state index contributed by atoms with van der Waals surface area (Å²) in [6, 6.07) is 2.17. The molecule has 1 aromatic rings. The van der Waals surface area contributed by atoms with Crippen LogP contribution in [0.2, 0.25) is 0 Å². The minimum absolute atomic E-state index is 0.00738. The summed E-state index contributed by atoms with van der Waals surface area (Å²) in [5, 5.41) is 9.83. The predicted octanol–water partition coefficient (Wildman–Crippen LogP) is 2.54. The van der Waals surface area contributed by atoms with Crippen molar-refractivity contribution in [2.24, 2.45) is 7.05 Å². The van der Waals surface area contributed by atoms with Gasteiger partial charge in [-0.25, -0.2) is 0 Å². The van der Waals surface area contributed by atoms with Gasteiger partial charge in [-0.1, -0.05) is 0 Å². The first-order chi connectivity index (χ1) is 13.3. The molecule has 154 valence electrons. The molecule has 1 atom stereocenters. The van der Waals surface area contributed by atoms with Crippen LogP contribution in [0, 0.1) is 13.8 Å². The fourth-order valence-electron chi connectivity index (χ4n) is 5.61. The quantitative estimate of drug-likeness (QED) is 0.848. The molecule has 1 aromatic heterocycles. The molecule has 3 heterocycles. The highest BCUT2D eigenvalue weighted by Gasteiger charge is 2.54. The van der Waals surface area contributed by atoms with Crippen molar-refractivity contribution >= 4 is 11.8 Å². The molecule has 6 nitrogen and oxygen atoms in total. The molecular formula is C22H33N3O3. The van der Waals surface area contributed by atoms with E-state index in [0.717, 1.165) is 74.9 Å². The number of amides is 2. The molecule has 28 heavy (non-hydrogen) atoms. The Hall–Kier alpha value is -1.82. The first-order valence-corrected chi connectivity index (χ1v) is 10.8. The van der Waals surface area contributed by atoms with Gasteiger partial charge in [0.05, 0.1) is 11.7 Å². The third-order valence-corrected chi connectivity index (χ3v) is 7.49. The van der Waals surface area contributed by atoms with Crippen molar-refractivity contribution < 1.29 is 14.7 Å². The zero-order valence-electron chi connectivity index (χ0n) is 17.4.